The fourth-order valence-electron chi connectivity index (χ4n) is 3.43. The molecule has 1 aliphatic carbocycles. The van der Waals surface area contributed by atoms with Crippen molar-refractivity contribution in [3.05, 3.63) is 65.1 Å². The number of rotatable bonds is 3. The van der Waals surface area contributed by atoms with Gasteiger partial charge in [-0.05, 0) is 51.3 Å². The quantitative estimate of drug-likeness (QED) is 0.783. The summed E-state index contributed by atoms with van der Waals surface area (Å²) in [6.45, 7) is 3.65. The number of carbonyl (C=O) groups excluding carboxylic acids is 1. The van der Waals surface area contributed by atoms with Crippen molar-refractivity contribution in [2.45, 2.75) is 39.2 Å². The van der Waals surface area contributed by atoms with Crippen LogP contribution < -0.4 is 5.32 Å². The number of carbonyl (C=O) groups is 1. The molecule has 1 amide bonds. The third-order valence-corrected chi connectivity index (χ3v) is 4.71. The molecular weight excluding hydrogens is 328 g/mol. The lowest BCUT2D eigenvalue weighted by Gasteiger charge is -2.25. The molecule has 0 saturated carbocycles. The number of aromatic nitrogens is 3. The second-order valence-corrected chi connectivity index (χ2v) is 6.58. The molecule has 1 aliphatic rings. The van der Waals surface area contributed by atoms with Crippen LogP contribution in [0, 0.1) is 13.8 Å². The Bertz CT molecular complexity index is 950. The number of nitrogens with one attached hydrogen (secondary N) is 1. The highest BCUT2D eigenvalue weighted by atomic mass is 16.3. The van der Waals surface area contributed by atoms with Gasteiger partial charge < -0.3 is 9.73 Å². The van der Waals surface area contributed by atoms with E-state index in [-0.39, 0.29) is 11.9 Å². The van der Waals surface area contributed by atoms with E-state index >= 15 is 0 Å². The fourth-order valence-corrected chi connectivity index (χ4v) is 3.43. The lowest BCUT2D eigenvalue weighted by molar-refractivity contribution is 0.0931. The Morgan fingerprint density at radius 2 is 2.08 bits per heavy atom. The maximum atomic E-state index is 12.6. The van der Waals surface area contributed by atoms with Gasteiger partial charge in [-0.1, -0.05) is 0 Å². The van der Waals surface area contributed by atoms with E-state index in [4.69, 9.17) is 9.40 Å². The first-order valence-corrected chi connectivity index (χ1v) is 8.76. The Kier molecular flexibility index (Phi) is 4.24. The van der Waals surface area contributed by atoms with Crippen LogP contribution in [-0.2, 0) is 6.42 Å². The molecule has 4 rings (SSSR count). The van der Waals surface area contributed by atoms with Gasteiger partial charge in [0.1, 0.15) is 11.5 Å². The SMILES string of the molecule is Cc1cc(C(=O)N[C@H]2CCCc3nc(-c4ccncc4)ncc32)c(C)o1. The third kappa shape index (κ3) is 3.10. The van der Waals surface area contributed by atoms with Crippen molar-refractivity contribution in [1.29, 1.82) is 0 Å². The Labute approximate surface area is 151 Å². The minimum Gasteiger partial charge on any atom is -0.466 e. The number of furan rings is 1. The smallest absolute Gasteiger partial charge is 0.255 e. The predicted octanol–water partition coefficient (Wildman–Crippen LogP) is 3.56. The molecule has 132 valence electrons. The summed E-state index contributed by atoms with van der Waals surface area (Å²) < 4.78 is 5.47. The van der Waals surface area contributed by atoms with E-state index < -0.39 is 0 Å². The van der Waals surface area contributed by atoms with Crippen molar-refractivity contribution in [3.8, 4) is 11.4 Å². The number of fused-ring (bicyclic) bond motifs is 1. The molecule has 1 atom stereocenters. The second kappa shape index (κ2) is 6.71. The zero-order valence-corrected chi connectivity index (χ0v) is 14.8. The molecule has 0 unspecified atom stereocenters. The minimum atomic E-state index is -0.115. The number of nitrogens with zero attached hydrogens (tertiary/aromatic N) is 3. The highest BCUT2D eigenvalue weighted by Crippen LogP contribution is 2.30. The van der Waals surface area contributed by atoms with Gasteiger partial charge in [-0.3, -0.25) is 9.78 Å². The molecular formula is C20H20N4O2. The van der Waals surface area contributed by atoms with Gasteiger partial charge in [0.15, 0.2) is 5.82 Å². The minimum absolute atomic E-state index is 0.0765. The van der Waals surface area contributed by atoms with Gasteiger partial charge >= 0.3 is 0 Å². The summed E-state index contributed by atoms with van der Waals surface area (Å²) in [4.78, 5) is 25.9. The van der Waals surface area contributed by atoms with E-state index in [0.717, 1.165) is 41.8 Å². The van der Waals surface area contributed by atoms with E-state index in [9.17, 15) is 4.79 Å². The molecule has 26 heavy (non-hydrogen) atoms. The van der Waals surface area contributed by atoms with Crippen LogP contribution in [0.5, 0.6) is 0 Å². The summed E-state index contributed by atoms with van der Waals surface area (Å²) >= 11 is 0. The average molecular weight is 348 g/mol. The van der Waals surface area contributed by atoms with Gasteiger partial charge in [-0.25, -0.2) is 9.97 Å². The topological polar surface area (TPSA) is 80.9 Å². The number of pyridine rings is 1. The lowest BCUT2D eigenvalue weighted by Crippen LogP contribution is -2.31. The second-order valence-electron chi connectivity index (χ2n) is 6.58. The summed E-state index contributed by atoms with van der Waals surface area (Å²) in [6, 6.07) is 5.49. The van der Waals surface area contributed by atoms with Gasteiger partial charge in [-0.15, -0.1) is 0 Å². The molecule has 0 fully saturated rings. The molecule has 3 aromatic rings. The van der Waals surface area contributed by atoms with Crippen molar-refractivity contribution < 1.29 is 9.21 Å². The molecule has 3 heterocycles. The molecule has 3 aromatic heterocycles. The highest BCUT2D eigenvalue weighted by molar-refractivity contribution is 5.95. The number of aryl methyl sites for hydroxylation is 3. The zero-order chi connectivity index (χ0) is 18.1. The molecule has 0 aliphatic heterocycles. The highest BCUT2D eigenvalue weighted by Gasteiger charge is 2.25. The first-order chi connectivity index (χ1) is 12.6. The van der Waals surface area contributed by atoms with Crippen molar-refractivity contribution in [3.63, 3.8) is 0 Å². The number of hydrogen-bond donors (Lipinski definition) is 1. The zero-order valence-electron chi connectivity index (χ0n) is 14.8. The van der Waals surface area contributed by atoms with Crippen LogP contribution in [0.15, 0.2) is 41.2 Å². The molecule has 6 nitrogen and oxygen atoms in total. The Morgan fingerprint density at radius 3 is 2.81 bits per heavy atom. The summed E-state index contributed by atoms with van der Waals surface area (Å²) in [5.41, 5.74) is 3.53. The van der Waals surface area contributed by atoms with Gasteiger partial charge in [0.2, 0.25) is 0 Å². The Morgan fingerprint density at radius 1 is 1.27 bits per heavy atom. The molecule has 0 aromatic carbocycles. The molecule has 6 heteroatoms. The molecule has 0 radical (unpaired) electrons. The monoisotopic (exact) mass is 348 g/mol. The van der Waals surface area contributed by atoms with E-state index in [1.54, 1.807) is 25.4 Å². The molecule has 0 saturated heterocycles. The van der Waals surface area contributed by atoms with Crippen molar-refractivity contribution in [1.82, 2.24) is 20.3 Å². The third-order valence-electron chi connectivity index (χ3n) is 4.71. The van der Waals surface area contributed by atoms with Crippen LogP contribution in [0.25, 0.3) is 11.4 Å². The Hall–Kier alpha value is -3.02. The van der Waals surface area contributed by atoms with Gasteiger partial charge in [0.05, 0.1) is 11.6 Å². The molecule has 0 spiro atoms. The largest absolute Gasteiger partial charge is 0.466 e. The predicted molar refractivity (Wildman–Crippen MR) is 96.6 cm³/mol. The summed E-state index contributed by atoms with van der Waals surface area (Å²) in [7, 11) is 0. The first kappa shape index (κ1) is 16.4. The summed E-state index contributed by atoms with van der Waals surface area (Å²) in [5.74, 6) is 1.96. The van der Waals surface area contributed by atoms with E-state index in [0.29, 0.717) is 17.1 Å². The first-order valence-electron chi connectivity index (χ1n) is 8.76. The number of amides is 1. The van der Waals surface area contributed by atoms with E-state index in [1.807, 2.05) is 25.3 Å². The van der Waals surface area contributed by atoms with E-state index in [2.05, 4.69) is 15.3 Å². The maximum Gasteiger partial charge on any atom is 0.255 e. The van der Waals surface area contributed by atoms with Crippen LogP contribution in [0.4, 0.5) is 0 Å². The number of hydrogen-bond acceptors (Lipinski definition) is 5. The summed E-state index contributed by atoms with van der Waals surface area (Å²) in [6.07, 6.45) is 8.06. The van der Waals surface area contributed by atoms with Crippen LogP contribution in [0.3, 0.4) is 0 Å². The van der Waals surface area contributed by atoms with Crippen LogP contribution in [-0.4, -0.2) is 20.9 Å². The van der Waals surface area contributed by atoms with Crippen LogP contribution in [0.1, 0.15) is 52.0 Å². The van der Waals surface area contributed by atoms with Crippen molar-refractivity contribution in [2.24, 2.45) is 0 Å². The van der Waals surface area contributed by atoms with Gasteiger partial charge in [0, 0.05) is 35.4 Å². The lowest BCUT2D eigenvalue weighted by atomic mass is 9.92. The van der Waals surface area contributed by atoms with Crippen molar-refractivity contribution >= 4 is 5.91 Å². The summed E-state index contributed by atoms with van der Waals surface area (Å²) in [5, 5.41) is 3.12. The van der Waals surface area contributed by atoms with E-state index in [1.165, 1.54) is 0 Å². The van der Waals surface area contributed by atoms with Crippen LogP contribution >= 0.6 is 0 Å². The fraction of sp³-hybridized carbons (Fsp3) is 0.300. The molecule has 0 bridgehead atoms. The van der Waals surface area contributed by atoms with Crippen LogP contribution in [0.2, 0.25) is 0 Å². The van der Waals surface area contributed by atoms with Crippen molar-refractivity contribution in [2.75, 3.05) is 0 Å². The van der Waals surface area contributed by atoms with Gasteiger partial charge in [0.25, 0.3) is 5.91 Å². The maximum absolute atomic E-state index is 12.6. The normalized spacial score (nSPS) is 16.2. The standard InChI is InChI=1S/C20H20N4O2/c1-12-10-15(13(2)26-12)20(25)24-18-5-3-4-17-16(18)11-22-19(23-17)14-6-8-21-9-7-14/h6-11,18H,3-5H2,1-2H3,(H,24,25)/t18-/m0/s1. The Balaban J connectivity index is 1.59. The van der Waals surface area contributed by atoms with Gasteiger partial charge in [-0.2, -0.15) is 0 Å². The average Bonchev–Trinajstić information content (AvgIpc) is 3.00. The molecule has 1 N–H and O–H groups in total.